The lowest BCUT2D eigenvalue weighted by atomic mass is 10.2. The Hall–Kier alpha value is -1.69. The Morgan fingerprint density at radius 2 is 2.21 bits per heavy atom. The van der Waals surface area contributed by atoms with Crippen LogP contribution in [0.15, 0.2) is 12.4 Å². The van der Waals surface area contributed by atoms with E-state index in [9.17, 15) is 9.18 Å². The summed E-state index contributed by atoms with van der Waals surface area (Å²) in [5.41, 5.74) is 10.8. The highest BCUT2D eigenvalue weighted by molar-refractivity contribution is 7.21. The molecule has 4 N–H and O–H groups in total. The van der Waals surface area contributed by atoms with E-state index >= 15 is 0 Å². The largest absolute Gasteiger partial charge is 0.397 e. The summed E-state index contributed by atoms with van der Waals surface area (Å²) in [7, 11) is 0. The summed E-state index contributed by atoms with van der Waals surface area (Å²) in [5.74, 6) is -1.19. The molecule has 0 fully saturated rings. The summed E-state index contributed by atoms with van der Waals surface area (Å²) >= 11 is 1.04. The number of carbonyl (C=O) groups is 1. The number of halogens is 1. The van der Waals surface area contributed by atoms with Gasteiger partial charge in [-0.3, -0.25) is 9.78 Å². The topological polar surface area (TPSA) is 82.0 Å². The fraction of sp³-hybridized carbons (Fsp3) is 0. The first-order valence-corrected chi connectivity index (χ1v) is 4.54. The molecule has 6 heteroatoms. The zero-order chi connectivity index (χ0) is 10.3. The number of carbonyl (C=O) groups excluding carboxylic acids is 1. The predicted molar refractivity (Wildman–Crippen MR) is 52.5 cm³/mol. The van der Waals surface area contributed by atoms with Crippen LogP contribution in [0.4, 0.5) is 10.1 Å². The van der Waals surface area contributed by atoms with Gasteiger partial charge in [0.15, 0.2) is 5.82 Å². The van der Waals surface area contributed by atoms with Crippen LogP contribution in [0.3, 0.4) is 0 Å². The first kappa shape index (κ1) is 8.89. The molecule has 2 heterocycles. The van der Waals surface area contributed by atoms with Gasteiger partial charge < -0.3 is 11.5 Å². The van der Waals surface area contributed by atoms with Gasteiger partial charge >= 0.3 is 0 Å². The normalized spacial score (nSPS) is 10.6. The van der Waals surface area contributed by atoms with Gasteiger partial charge in [0.2, 0.25) is 0 Å². The number of fused-ring (bicyclic) bond motifs is 1. The fourth-order valence-electron chi connectivity index (χ4n) is 1.22. The zero-order valence-corrected chi connectivity index (χ0v) is 7.77. The third-order valence-corrected chi connectivity index (χ3v) is 2.97. The number of nitrogen functional groups attached to an aromatic ring is 1. The number of anilines is 1. The van der Waals surface area contributed by atoms with E-state index in [4.69, 9.17) is 11.5 Å². The lowest BCUT2D eigenvalue weighted by molar-refractivity contribution is 0.100. The highest BCUT2D eigenvalue weighted by Crippen LogP contribution is 2.34. The number of amides is 1. The minimum atomic E-state index is -0.650. The lowest BCUT2D eigenvalue weighted by Gasteiger charge is -1.93. The van der Waals surface area contributed by atoms with E-state index in [1.807, 2.05) is 0 Å². The van der Waals surface area contributed by atoms with Crippen LogP contribution >= 0.6 is 11.3 Å². The lowest BCUT2D eigenvalue weighted by Crippen LogP contribution is -2.10. The van der Waals surface area contributed by atoms with Gasteiger partial charge in [-0.2, -0.15) is 0 Å². The Morgan fingerprint density at radius 1 is 1.50 bits per heavy atom. The van der Waals surface area contributed by atoms with Crippen molar-refractivity contribution in [1.82, 2.24) is 4.98 Å². The molecule has 4 nitrogen and oxygen atoms in total. The summed E-state index contributed by atoms with van der Waals surface area (Å²) in [6, 6.07) is 0. The first-order valence-electron chi connectivity index (χ1n) is 3.72. The number of thiophene rings is 1. The zero-order valence-electron chi connectivity index (χ0n) is 6.95. The average molecular weight is 211 g/mol. The minimum Gasteiger partial charge on any atom is -0.397 e. The molecule has 0 spiro atoms. The van der Waals surface area contributed by atoms with E-state index in [-0.39, 0.29) is 16.0 Å². The molecule has 0 bridgehead atoms. The molecule has 0 unspecified atom stereocenters. The Labute approximate surface area is 82.3 Å². The first-order chi connectivity index (χ1) is 6.61. The number of hydrogen-bond donors (Lipinski definition) is 2. The van der Waals surface area contributed by atoms with E-state index in [1.165, 1.54) is 6.20 Å². The number of primary amides is 1. The van der Waals surface area contributed by atoms with Crippen LogP contribution in [0.5, 0.6) is 0 Å². The molecule has 2 aromatic rings. The van der Waals surface area contributed by atoms with E-state index < -0.39 is 11.7 Å². The number of aromatic nitrogens is 1. The summed E-state index contributed by atoms with van der Waals surface area (Å²) < 4.78 is 13.8. The van der Waals surface area contributed by atoms with Crippen molar-refractivity contribution in [2.75, 3.05) is 5.73 Å². The van der Waals surface area contributed by atoms with Gasteiger partial charge in [-0.15, -0.1) is 11.3 Å². The number of rotatable bonds is 1. The van der Waals surface area contributed by atoms with Crippen molar-refractivity contribution in [2.24, 2.45) is 5.73 Å². The smallest absolute Gasteiger partial charge is 0.260 e. The summed E-state index contributed by atoms with van der Waals surface area (Å²) in [5, 5.41) is 0.221. The van der Waals surface area contributed by atoms with Crippen molar-refractivity contribution in [3.63, 3.8) is 0 Å². The van der Waals surface area contributed by atoms with Crippen LogP contribution in [0, 0.1) is 5.82 Å². The van der Waals surface area contributed by atoms with Crippen molar-refractivity contribution in [3.8, 4) is 0 Å². The van der Waals surface area contributed by atoms with Gasteiger partial charge in [0.05, 0.1) is 22.0 Å². The molecule has 0 atom stereocenters. The molecule has 0 aliphatic rings. The van der Waals surface area contributed by atoms with E-state index in [2.05, 4.69) is 4.98 Å². The van der Waals surface area contributed by atoms with Crippen LogP contribution in [0.1, 0.15) is 9.67 Å². The maximum Gasteiger partial charge on any atom is 0.260 e. The highest BCUT2D eigenvalue weighted by Gasteiger charge is 2.16. The van der Waals surface area contributed by atoms with Crippen molar-refractivity contribution in [3.05, 3.63) is 23.1 Å². The molecule has 0 saturated carbocycles. The molecule has 0 aliphatic heterocycles. The molecule has 2 aromatic heterocycles. The second-order valence-electron chi connectivity index (χ2n) is 2.70. The van der Waals surface area contributed by atoms with Gasteiger partial charge in [-0.1, -0.05) is 0 Å². The highest BCUT2D eigenvalue weighted by atomic mass is 32.1. The van der Waals surface area contributed by atoms with Crippen LogP contribution in [-0.4, -0.2) is 10.9 Å². The fourth-order valence-corrected chi connectivity index (χ4v) is 2.17. The molecule has 14 heavy (non-hydrogen) atoms. The molecule has 0 saturated heterocycles. The monoisotopic (exact) mass is 211 g/mol. The SMILES string of the molecule is NC(=O)c1sc2cncc(F)c2c1N. The third-order valence-electron chi connectivity index (χ3n) is 1.81. The second-order valence-corrected chi connectivity index (χ2v) is 3.76. The Morgan fingerprint density at radius 3 is 2.79 bits per heavy atom. The maximum absolute atomic E-state index is 13.2. The van der Waals surface area contributed by atoms with Gasteiger partial charge in [0, 0.05) is 6.20 Å². The van der Waals surface area contributed by atoms with Crippen LogP contribution in [0.2, 0.25) is 0 Å². The van der Waals surface area contributed by atoms with E-state index in [0.29, 0.717) is 4.70 Å². The molecular formula is C8H6FN3OS. The Kier molecular flexibility index (Phi) is 1.85. The Bertz CT molecular complexity index is 523. The summed E-state index contributed by atoms with van der Waals surface area (Å²) in [6.07, 6.45) is 2.50. The van der Waals surface area contributed by atoms with Crippen LogP contribution in [0.25, 0.3) is 10.1 Å². The minimum absolute atomic E-state index is 0.0948. The summed E-state index contributed by atoms with van der Waals surface area (Å²) in [4.78, 5) is 14.7. The number of pyridine rings is 1. The quantitative estimate of drug-likeness (QED) is 0.741. The predicted octanol–water partition coefficient (Wildman–Crippen LogP) is 1.12. The van der Waals surface area contributed by atoms with Crippen molar-refractivity contribution in [1.29, 1.82) is 0 Å². The molecule has 0 radical (unpaired) electrons. The molecule has 0 aliphatic carbocycles. The molecule has 2 rings (SSSR count). The molecule has 1 amide bonds. The number of nitrogens with two attached hydrogens (primary N) is 2. The second kappa shape index (κ2) is 2.91. The standard InChI is InChI=1S/C8H6FN3OS/c9-3-1-12-2-4-5(3)6(10)7(14-4)8(11)13/h1-2H,10H2,(H2,11,13). The average Bonchev–Trinajstić information content (AvgIpc) is 2.45. The van der Waals surface area contributed by atoms with Crippen molar-refractivity contribution in [2.45, 2.75) is 0 Å². The van der Waals surface area contributed by atoms with Gasteiger partial charge in [-0.05, 0) is 0 Å². The van der Waals surface area contributed by atoms with Crippen molar-refractivity contribution < 1.29 is 9.18 Å². The van der Waals surface area contributed by atoms with Crippen LogP contribution in [-0.2, 0) is 0 Å². The van der Waals surface area contributed by atoms with E-state index in [1.54, 1.807) is 0 Å². The van der Waals surface area contributed by atoms with E-state index in [0.717, 1.165) is 17.5 Å². The van der Waals surface area contributed by atoms with Gasteiger partial charge in [0.1, 0.15) is 4.88 Å². The third kappa shape index (κ3) is 1.12. The number of hydrogen-bond acceptors (Lipinski definition) is 4. The number of nitrogens with zero attached hydrogens (tertiary/aromatic N) is 1. The molecule has 72 valence electrons. The van der Waals surface area contributed by atoms with Gasteiger partial charge in [-0.25, -0.2) is 4.39 Å². The van der Waals surface area contributed by atoms with Gasteiger partial charge in [0.25, 0.3) is 5.91 Å². The summed E-state index contributed by atoms with van der Waals surface area (Å²) in [6.45, 7) is 0. The molecular weight excluding hydrogens is 205 g/mol. The van der Waals surface area contributed by atoms with Crippen molar-refractivity contribution >= 4 is 33.0 Å². The molecule has 0 aromatic carbocycles. The van der Waals surface area contributed by atoms with Crippen LogP contribution < -0.4 is 11.5 Å². The Balaban J connectivity index is 2.87. The maximum atomic E-state index is 13.2.